The third kappa shape index (κ3) is 4.20. The molecule has 0 N–H and O–H groups in total. The zero-order chi connectivity index (χ0) is 31.9. The van der Waals surface area contributed by atoms with Crippen molar-refractivity contribution < 1.29 is 0 Å². The van der Waals surface area contributed by atoms with Crippen molar-refractivity contribution in [3.8, 4) is 33.4 Å². The van der Waals surface area contributed by atoms with Crippen LogP contribution in [-0.2, 0) is 0 Å². The molecule has 1 nitrogen and oxygen atoms in total. The van der Waals surface area contributed by atoms with Crippen molar-refractivity contribution >= 4 is 64.7 Å². The van der Waals surface area contributed by atoms with Gasteiger partial charge in [0.1, 0.15) is 16.1 Å². The molecule has 3 heteroatoms. The van der Waals surface area contributed by atoms with E-state index in [-0.39, 0.29) is 0 Å². The Morgan fingerprint density at radius 2 is 0.957 bits per heavy atom. The fourth-order valence-electron chi connectivity index (χ4n) is 8.44. The van der Waals surface area contributed by atoms with Gasteiger partial charge in [0.05, 0.1) is 0 Å². The van der Waals surface area contributed by atoms with E-state index in [2.05, 4.69) is 183 Å². The van der Waals surface area contributed by atoms with Crippen LogP contribution in [0.15, 0.2) is 152 Å². The van der Waals surface area contributed by atoms with Gasteiger partial charge in [-0.15, -0.1) is 0 Å². The van der Waals surface area contributed by atoms with Gasteiger partial charge in [-0.3, -0.25) is 0 Å². The quantitative estimate of drug-likeness (QED) is 0.174. The highest BCUT2D eigenvalue weighted by Gasteiger charge is 2.41. The lowest BCUT2D eigenvalue weighted by molar-refractivity contribution is 1.30. The first-order valence-corrected chi connectivity index (χ1v) is 22.7. The summed E-state index contributed by atoms with van der Waals surface area (Å²) in [6.07, 6.45) is 0. The van der Waals surface area contributed by atoms with Gasteiger partial charge in [-0.25, -0.2) is 0 Å². The van der Waals surface area contributed by atoms with E-state index in [1.807, 2.05) is 0 Å². The Balaban J connectivity index is 1.23. The van der Waals surface area contributed by atoms with Gasteiger partial charge in [0.25, 0.3) is 0 Å². The molecular formula is C44H37NSi2. The smallest absolute Gasteiger partial charge is 0.116 e. The molecule has 7 aromatic rings. The molecule has 0 amide bonds. The van der Waals surface area contributed by atoms with E-state index < -0.39 is 16.1 Å². The lowest BCUT2D eigenvalue weighted by atomic mass is 10.0. The van der Waals surface area contributed by atoms with Crippen LogP contribution in [0.3, 0.4) is 0 Å². The van der Waals surface area contributed by atoms with Crippen LogP contribution in [0.5, 0.6) is 0 Å². The Hall–Kier alpha value is -4.97. The molecule has 2 heterocycles. The number of nitrogens with zero attached hydrogens (tertiary/aromatic N) is 1. The number of anilines is 3. The molecule has 9 rings (SSSR count). The molecule has 47 heavy (non-hydrogen) atoms. The van der Waals surface area contributed by atoms with E-state index in [1.165, 1.54) is 76.8 Å². The number of fused-ring (bicyclic) bond motifs is 7. The Kier molecular flexibility index (Phi) is 6.18. The number of rotatable bonds is 4. The van der Waals surface area contributed by atoms with E-state index in [4.69, 9.17) is 0 Å². The molecule has 0 radical (unpaired) electrons. The lowest BCUT2D eigenvalue weighted by Crippen LogP contribution is -2.51. The molecule has 0 unspecified atom stereocenters. The highest BCUT2D eigenvalue weighted by molar-refractivity contribution is 7.05. The van der Waals surface area contributed by atoms with Crippen molar-refractivity contribution in [3.63, 3.8) is 0 Å². The minimum atomic E-state index is -1.98. The monoisotopic (exact) mass is 635 g/mol. The Morgan fingerprint density at radius 3 is 1.72 bits per heavy atom. The van der Waals surface area contributed by atoms with E-state index in [1.54, 1.807) is 5.19 Å². The van der Waals surface area contributed by atoms with Crippen molar-refractivity contribution in [2.75, 3.05) is 4.90 Å². The second kappa shape index (κ2) is 10.3. The topological polar surface area (TPSA) is 3.24 Å². The maximum absolute atomic E-state index is 2.55. The van der Waals surface area contributed by atoms with Crippen LogP contribution in [0.4, 0.5) is 17.1 Å². The van der Waals surface area contributed by atoms with Gasteiger partial charge in [-0.1, -0.05) is 141 Å². The molecule has 0 spiro atoms. The molecule has 2 aliphatic rings. The molecule has 226 valence electrons. The largest absolute Gasteiger partial charge is 0.311 e. The van der Waals surface area contributed by atoms with Crippen molar-refractivity contribution in [2.45, 2.75) is 26.2 Å². The summed E-state index contributed by atoms with van der Waals surface area (Å²) in [5.41, 5.74) is 11.9. The van der Waals surface area contributed by atoms with Crippen LogP contribution in [0.1, 0.15) is 0 Å². The molecule has 0 atom stereocenters. The lowest BCUT2D eigenvalue weighted by Gasteiger charge is -2.32. The first-order chi connectivity index (χ1) is 22.8. The Morgan fingerprint density at radius 1 is 0.383 bits per heavy atom. The molecule has 0 bridgehead atoms. The molecule has 2 aliphatic heterocycles. The van der Waals surface area contributed by atoms with Gasteiger partial charge >= 0.3 is 0 Å². The third-order valence-corrected chi connectivity index (χ3v) is 17.9. The van der Waals surface area contributed by atoms with Crippen LogP contribution in [0, 0.1) is 0 Å². The van der Waals surface area contributed by atoms with Crippen LogP contribution >= 0.6 is 0 Å². The minimum Gasteiger partial charge on any atom is -0.311 e. The van der Waals surface area contributed by atoms with E-state index in [9.17, 15) is 0 Å². The maximum Gasteiger partial charge on any atom is 0.116 e. The third-order valence-electron chi connectivity index (χ3n) is 10.8. The second-order valence-corrected chi connectivity index (χ2v) is 22.8. The molecule has 7 aromatic carbocycles. The number of hydrogen-bond acceptors (Lipinski definition) is 1. The minimum absolute atomic E-state index is 1.19. The van der Waals surface area contributed by atoms with E-state index in [0.29, 0.717) is 0 Å². The summed E-state index contributed by atoms with van der Waals surface area (Å²) in [7, 11) is -3.83. The van der Waals surface area contributed by atoms with Crippen LogP contribution in [0.25, 0.3) is 44.2 Å². The second-order valence-electron chi connectivity index (χ2n) is 14.2. The average molecular weight is 636 g/mol. The highest BCUT2D eigenvalue weighted by atomic mass is 28.3. The Bertz CT molecular complexity index is 2370. The average Bonchev–Trinajstić information content (AvgIpc) is 3.48. The van der Waals surface area contributed by atoms with Gasteiger partial charge in [-0.2, -0.15) is 0 Å². The Labute approximate surface area is 279 Å². The van der Waals surface area contributed by atoms with Crippen molar-refractivity contribution in [1.29, 1.82) is 0 Å². The zero-order valence-electron chi connectivity index (χ0n) is 27.4. The van der Waals surface area contributed by atoms with E-state index >= 15 is 0 Å². The number of hydrogen-bond donors (Lipinski definition) is 0. The van der Waals surface area contributed by atoms with Gasteiger partial charge < -0.3 is 4.90 Å². The van der Waals surface area contributed by atoms with Gasteiger partial charge in [0.2, 0.25) is 0 Å². The molecule has 0 aliphatic carbocycles. The molecule has 0 fully saturated rings. The predicted molar refractivity (Wildman–Crippen MR) is 208 cm³/mol. The highest BCUT2D eigenvalue weighted by Crippen LogP contribution is 2.41. The summed E-state index contributed by atoms with van der Waals surface area (Å²) in [6, 6.07) is 57.1. The summed E-state index contributed by atoms with van der Waals surface area (Å²) in [5, 5.41) is 8.68. The fourth-order valence-corrected chi connectivity index (χ4v) is 14.9. The van der Waals surface area contributed by atoms with Crippen molar-refractivity contribution in [3.05, 3.63) is 152 Å². The standard InChI is InChI=1S/C44H37NSi2/c1-46(2)41-18-9-7-14-36(41)38-27-26-35(29-43(38)46)45(40-17-11-16-39-37-15-8-10-19-42(37)47(3,4)44(39)40)34-24-22-31(23-25-34)33-21-20-30-12-5-6-13-32(30)28-33/h5-29H,1-4H3. The van der Waals surface area contributed by atoms with Crippen molar-refractivity contribution in [1.82, 2.24) is 0 Å². The molecule has 0 saturated heterocycles. The fraction of sp³-hybridized carbons (Fsp3) is 0.0909. The summed E-state index contributed by atoms with van der Waals surface area (Å²) < 4.78 is 0. The van der Waals surface area contributed by atoms with Gasteiger partial charge in [-0.05, 0) is 101 Å². The van der Waals surface area contributed by atoms with Crippen LogP contribution < -0.4 is 25.6 Å². The predicted octanol–water partition coefficient (Wildman–Crippen LogP) is 9.58. The summed E-state index contributed by atoms with van der Waals surface area (Å²) in [6.45, 7) is 10.1. The molecular weight excluding hydrogens is 599 g/mol. The first kappa shape index (κ1) is 28.3. The summed E-state index contributed by atoms with van der Waals surface area (Å²) >= 11 is 0. The summed E-state index contributed by atoms with van der Waals surface area (Å²) in [4.78, 5) is 2.55. The van der Waals surface area contributed by atoms with E-state index in [0.717, 1.165) is 0 Å². The van der Waals surface area contributed by atoms with Gasteiger partial charge in [0.15, 0.2) is 0 Å². The molecule has 0 aromatic heterocycles. The SMILES string of the molecule is C[Si]1(C)c2ccccc2-c2ccc(N(c3ccc(-c4ccc5ccccc5c4)cc3)c3cccc4c3[Si](C)(C)c3ccccc3-4)cc21. The molecule has 0 saturated carbocycles. The van der Waals surface area contributed by atoms with Crippen molar-refractivity contribution in [2.24, 2.45) is 0 Å². The van der Waals surface area contributed by atoms with Crippen LogP contribution in [0.2, 0.25) is 26.2 Å². The zero-order valence-corrected chi connectivity index (χ0v) is 29.4. The van der Waals surface area contributed by atoms with Gasteiger partial charge in [0, 0.05) is 17.1 Å². The number of benzene rings is 7. The normalized spacial score (nSPS) is 14.7. The first-order valence-electron chi connectivity index (χ1n) is 16.7. The maximum atomic E-state index is 2.55. The van der Waals surface area contributed by atoms with Crippen LogP contribution in [-0.4, -0.2) is 16.1 Å². The summed E-state index contributed by atoms with van der Waals surface area (Å²) in [5.74, 6) is 0.